The van der Waals surface area contributed by atoms with Crippen LogP contribution in [0, 0.1) is 6.92 Å². The largest absolute Gasteiger partial charge is 0.493 e. The highest BCUT2D eigenvalue weighted by atomic mass is 35.5. The summed E-state index contributed by atoms with van der Waals surface area (Å²) in [6.45, 7) is 2.46. The molecule has 0 radical (unpaired) electrons. The third kappa shape index (κ3) is 4.78. The van der Waals surface area contributed by atoms with Crippen LogP contribution in [0.5, 0.6) is 5.75 Å². The Morgan fingerprint density at radius 1 is 1.18 bits per heavy atom. The second kappa shape index (κ2) is 7.85. The number of carbonyl (C=O) groups is 1. The number of ether oxygens (including phenoxy) is 1. The smallest absolute Gasteiger partial charge is 0.303 e. The molecule has 0 aliphatic rings. The van der Waals surface area contributed by atoms with Crippen LogP contribution in [0.2, 0.25) is 5.02 Å². The van der Waals surface area contributed by atoms with Gasteiger partial charge in [-0.1, -0.05) is 35.9 Å². The lowest BCUT2D eigenvalue weighted by atomic mass is 10.00. The summed E-state index contributed by atoms with van der Waals surface area (Å²) in [6.07, 6.45) is 1.34. The number of halogens is 1. The lowest BCUT2D eigenvalue weighted by Gasteiger charge is -2.13. The zero-order valence-electron chi connectivity index (χ0n) is 12.5. The molecule has 0 bridgehead atoms. The van der Waals surface area contributed by atoms with E-state index in [4.69, 9.17) is 21.4 Å². The van der Waals surface area contributed by atoms with Gasteiger partial charge < -0.3 is 9.84 Å². The first-order valence-electron chi connectivity index (χ1n) is 7.24. The number of carboxylic acids is 1. The van der Waals surface area contributed by atoms with Crippen LogP contribution in [-0.4, -0.2) is 17.7 Å². The third-order valence-electron chi connectivity index (χ3n) is 3.46. The lowest BCUT2D eigenvalue weighted by molar-refractivity contribution is -0.137. The molecule has 0 heterocycles. The summed E-state index contributed by atoms with van der Waals surface area (Å²) in [5.41, 5.74) is 3.46. The fraction of sp³-hybridized carbons (Fsp3) is 0.278. The second-order valence-corrected chi connectivity index (χ2v) is 5.64. The van der Waals surface area contributed by atoms with Crippen molar-refractivity contribution in [2.75, 3.05) is 6.61 Å². The Kier molecular flexibility index (Phi) is 5.84. The lowest BCUT2D eigenvalue weighted by Crippen LogP contribution is -2.04. The summed E-state index contributed by atoms with van der Waals surface area (Å²) >= 11 is 6.09. The average molecular weight is 319 g/mol. The zero-order valence-corrected chi connectivity index (χ0v) is 13.3. The van der Waals surface area contributed by atoms with Gasteiger partial charge in [0.05, 0.1) is 6.61 Å². The molecule has 0 amide bonds. The molecule has 0 aromatic heterocycles. The number of benzene rings is 2. The van der Waals surface area contributed by atoms with Crippen LogP contribution in [0.25, 0.3) is 0 Å². The predicted molar refractivity (Wildman–Crippen MR) is 87.8 cm³/mol. The summed E-state index contributed by atoms with van der Waals surface area (Å²) in [4.78, 5) is 10.5. The first-order chi connectivity index (χ1) is 10.6. The van der Waals surface area contributed by atoms with Crippen LogP contribution in [0.3, 0.4) is 0 Å². The van der Waals surface area contributed by atoms with Crippen molar-refractivity contribution in [2.45, 2.75) is 26.2 Å². The fourth-order valence-electron chi connectivity index (χ4n) is 2.25. The van der Waals surface area contributed by atoms with E-state index in [1.807, 2.05) is 24.3 Å². The Morgan fingerprint density at radius 3 is 2.68 bits per heavy atom. The van der Waals surface area contributed by atoms with E-state index in [0.29, 0.717) is 18.1 Å². The van der Waals surface area contributed by atoms with E-state index < -0.39 is 5.97 Å². The van der Waals surface area contributed by atoms with Gasteiger partial charge in [0.1, 0.15) is 5.75 Å². The van der Waals surface area contributed by atoms with Crippen molar-refractivity contribution >= 4 is 17.6 Å². The molecule has 0 aliphatic heterocycles. The van der Waals surface area contributed by atoms with Gasteiger partial charge in [0, 0.05) is 17.9 Å². The van der Waals surface area contributed by atoms with E-state index >= 15 is 0 Å². The minimum atomic E-state index is -0.806. The monoisotopic (exact) mass is 318 g/mol. The topological polar surface area (TPSA) is 46.5 Å². The molecule has 2 aromatic carbocycles. The fourth-order valence-corrected chi connectivity index (χ4v) is 2.44. The van der Waals surface area contributed by atoms with Crippen LogP contribution >= 0.6 is 11.6 Å². The Balaban J connectivity index is 2.10. The summed E-state index contributed by atoms with van der Waals surface area (Å²) in [5.74, 6) is -0.0436. The van der Waals surface area contributed by atoms with E-state index in [9.17, 15) is 4.79 Å². The highest BCUT2D eigenvalue weighted by Crippen LogP contribution is 2.26. The van der Waals surface area contributed by atoms with Gasteiger partial charge in [0.15, 0.2) is 0 Å². The van der Waals surface area contributed by atoms with Gasteiger partial charge in [-0.05, 0) is 48.2 Å². The molecule has 0 atom stereocenters. The van der Waals surface area contributed by atoms with Crippen molar-refractivity contribution in [3.63, 3.8) is 0 Å². The van der Waals surface area contributed by atoms with Gasteiger partial charge in [0.25, 0.3) is 0 Å². The molecule has 0 saturated heterocycles. The molecule has 2 aromatic rings. The first-order valence-corrected chi connectivity index (χ1v) is 7.61. The van der Waals surface area contributed by atoms with Gasteiger partial charge in [0.2, 0.25) is 0 Å². The molecular formula is C18H19ClO3. The molecule has 0 unspecified atom stereocenters. The van der Waals surface area contributed by atoms with E-state index in [1.165, 1.54) is 11.1 Å². The Morgan fingerprint density at radius 2 is 1.95 bits per heavy atom. The molecule has 1 N–H and O–H groups in total. The summed E-state index contributed by atoms with van der Waals surface area (Å²) < 4.78 is 5.73. The molecular weight excluding hydrogens is 300 g/mol. The maximum absolute atomic E-state index is 10.5. The van der Waals surface area contributed by atoms with Crippen LogP contribution < -0.4 is 4.74 Å². The number of rotatable bonds is 7. The first kappa shape index (κ1) is 16.4. The SMILES string of the molecule is Cc1ccccc1Cc1cc(Cl)ccc1OCCCC(=O)O. The molecule has 3 nitrogen and oxygen atoms in total. The van der Waals surface area contributed by atoms with Gasteiger partial charge in [-0.2, -0.15) is 0 Å². The van der Waals surface area contributed by atoms with E-state index in [1.54, 1.807) is 6.07 Å². The number of hydrogen-bond donors (Lipinski definition) is 1. The quantitative estimate of drug-likeness (QED) is 0.765. The van der Waals surface area contributed by atoms with Crippen molar-refractivity contribution in [1.29, 1.82) is 0 Å². The summed E-state index contributed by atoms with van der Waals surface area (Å²) in [5, 5.41) is 9.32. The minimum absolute atomic E-state index is 0.112. The average Bonchev–Trinajstić information content (AvgIpc) is 2.47. The number of hydrogen-bond acceptors (Lipinski definition) is 2. The van der Waals surface area contributed by atoms with Crippen LogP contribution in [0.15, 0.2) is 42.5 Å². The van der Waals surface area contributed by atoms with Crippen LogP contribution in [0.1, 0.15) is 29.5 Å². The van der Waals surface area contributed by atoms with Gasteiger partial charge in [-0.3, -0.25) is 4.79 Å². The summed E-state index contributed by atoms with van der Waals surface area (Å²) in [7, 11) is 0. The van der Waals surface area contributed by atoms with Gasteiger partial charge >= 0.3 is 5.97 Å². The summed E-state index contributed by atoms with van der Waals surface area (Å²) in [6, 6.07) is 13.7. The molecule has 0 fully saturated rings. The predicted octanol–water partition coefficient (Wildman–Crippen LogP) is 4.48. The van der Waals surface area contributed by atoms with Crippen molar-refractivity contribution in [1.82, 2.24) is 0 Å². The van der Waals surface area contributed by atoms with Crippen LogP contribution in [-0.2, 0) is 11.2 Å². The van der Waals surface area contributed by atoms with Gasteiger partial charge in [-0.15, -0.1) is 0 Å². The molecule has 22 heavy (non-hydrogen) atoms. The molecule has 0 saturated carbocycles. The van der Waals surface area contributed by atoms with E-state index in [-0.39, 0.29) is 6.42 Å². The third-order valence-corrected chi connectivity index (χ3v) is 3.69. The van der Waals surface area contributed by atoms with Crippen molar-refractivity contribution in [3.8, 4) is 5.75 Å². The molecule has 2 rings (SSSR count). The Hall–Kier alpha value is -2.00. The van der Waals surface area contributed by atoms with Gasteiger partial charge in [-0.25, -0.2) is 0 Å². The van der Waals surface area contributed by atoms with E-state index in [0.717, 1.165) is 17.7 Å². The molecule has 4 heteroatoms. The zero-order chi connectivity index (χ0) is 15.9. The molecule has 0 spiro atoms. The standard InChI is InChI=1S/C18H19ClO3/c1-13-5-2-3-6-14(13)11-15-12-16(19)8-9-17(15)22-10-4-7-18(20)21/h2-3,5-6,8-9,12H,4,7,10-11H2,1H3,(H,20,21). The van der Waals surface area contributed by atoms with E-state index in [2.05, 4.69) is 19.1 Å². The van der Waals surface area contributed by atoms with Crippen LogP contribution in [0.4, 0.5) is 0 Å². The van der Waals surface area contributed by atoms with Crippen molar-refractivity contribution in [2.24, 2.45) is 0 Å². The Labute approximate surface area is 135 Å². The van der Waals surface area contributed by atoms with Crippen molar-refractivity contribution in [3.05, 3.63) is 64.2 Å². The number of aliphatic carboxylic acids is 1. The van der Waals surface area contributed by atoms with Crippen molar-refractivity contribution < 1.29 is 14.6 Å². The number of aryl methyl sites for hydroxylation is 1. The maximum atomic E-state index is 10.5. The number of carboxylic acid groups (broad SMARTS) is 1. The minimum Gasteiger partial charge on any atom is -0.493 e. The second-order valence-electron chi connectivity index (χ2n) is 5.20. The Bertz CT molecular complexity index is 653. The molecule has 116 valence electrons. The highest BCUT2D eigenvalue weighted by Gasteiger charge is 2.08. The molecule has 0 aliphatic carbocycles. The highest BCUT2D eigenvalue weighted by molar-refractivity contribution is 6.30. The maximum Gasteiger partial charge on any atom is 0.303 e. The normalized spacial score (nSPS) is 10.5.